The number of amides is 1. The summed E-state index contributed by atoms with van der Waals surface area (Å²) < 4.78 is 0. The molecule has 1 atom stereocenters. The summed E-state index contributed by atoms with van der Waals surface area (Å²) in [4.78, 5) is 35.7. The van der Waals surface area contributed by atoms with Gasteiger partial charge in [-0.2, -0.15) is 0 Å². The molecule has 1 amide bonds. The van der Waals surface area contributed by atoms with Crippen molar-refractivity contribution in [1.82, 2.24) is 20.2 Å². The van der Waals surface area contributed by atoms with Crippen LogP contribution in [0.2, 0.25) is 0 Å². The van der Waals surface area contributed by atoms with E-state index in [1.807, 2.05) is 24.9 Å². The van der Waals surface area contributed by atoms with Gasteiger partial charge >= 0.3 is 0 Å². The maximum atomic E-state index is 12.3. The third kappa shape index (κ3) is 4.33. The largest absolute Gasteiger partial charge is 0.384 e. The third-order valence-corrected chi connectivity index (χ3v) is 5.14. The normalized spacial score (nSPS) is 17.0. The van der Waals surface area contributed by atoms with Crippen LogP contribution in [-0.2, 0) is 4.79 Å². The summed E-state index contributed by atoms with van der Waals surface area (Å²) in [5, 5.41) is 3.01. The molecule has 1 aliphatic rings. The predicted octanol–water partition coefficient (Wildman–Crippen LogP) is 0.974. The zero-order valence-electron chi connectivity index (χ0n) is 16.7. The molecular formula is C20H28N6O2. The Bertz CT molecular complexity index is 910. The molecule has 1 fully saturated rings. The number of nitrogen functional groups attached to an aromatic ring is 1. The number of nitrogens with two attached hydrogens (primary N) is 1. The number of rotatable bonds is 5. The third-order valence-electron chi connectivity index (χ3n) is 5.14. The predicted molar refractivity (Wildman–Crippen MR) is 111 cm³/mol. The van der Waals surface area contributed by atoms with Crippen molar-refractivity contribution in [3.63, 3.8) is 0 Å². The first-order valence-electron chi connectivity index (χ1n) is 9.55. The molecule has 8 heteroatoms. The quantitative estimate of drug-likeness (QED) is 0.709. The number of hydrogen-bond acceptors (Lipinski definition) is 6. The Kier molecular flexibility index (Phi) is 5.99. The van der Waals surface area contributed by atoms with Gasteiger partial charge in [-0.05, 0) is 49.7 Å². The minimum absolute atomic E-state index is 0.0989. The van der Waals surface area contributed by atoms with E-state index in [0.29, 0.717) is 38.4 Å². The molecule has 3 heterocycles. The molecule has 8 nitrogen and oxygen atoms in total. The molecule has 0 aliphatic carbocycles. The van der Waals surface area contributed by atoms with Crippen molar-refractivity contribution in [2.75, 3.05) is 43.9 Å². The zero-order valence-corrected chi connectivity index (χ0v) is 16.7. The Balaban J connectivity index is 1.83. The van der Waals surface area contributed by atoms with Gasteiger partial charge in [0.2, 0.25) is 11.5 Å². The monoisotopic (exact) mass is 384 g/mol. The second-order valence-corrected chi connectivity index (χ2v) is 7.28. The van der Waals surface area contributed by atoms with Crippen LogP contribution in [0.1, 0.15) is 18.9 Å². The van der Waals surface area contributed by atoms with Crippen molar-refractivity contribution in [2.45, 2.75) is 26.3 Å². The summed E-state index contributed by atoms with van der Waals surface area (Å²) in [6, 6.07) is 5.43. The first-order valence-corrected chi connectivity index (χ1v) is 9.55. The summed E-state index contributed by atoms with van der Waals surface area (Å²) in [5.41, 5.74) is 8.33. The number of pyridine rings is 2. The molecule has 0 saturated carbocycles. The number of aryl methyl sites for hydroxylation is 1. The summed E-state index contributed by atoms with van der Waals surface area (Å²) in [7, 11) is 1.84. The lowest BCUT2D eigenvalue weighted by Crippen LogP contribution is -2.54. The van der Waals surface area contributed by atoms with Crippen molar-refractivity contribution in [1.29, 1.82) is 0 Å². The Morgan fingerprint density at radius 3 is 2.86 bits per heavy atom. The van der Waals surface area contributed by atoms with Crippen LogP contribution in [0, 0.1) is 6.92 Å². The van der Waals surface area contributed by atoms with Crippen LogP contribution in [0.15, 0.2) is 29.2 Å². The molecule has 4 N–H and O–H groups in total. The molecule has 0 aromatic carbocycles. The summed E-state index contributed by atoms with van der Waals surface area (Å²) in [5.74, 6) is 1.34. The Morgan fingerprint density at radius 1 is 1.36 bits per heavy atom. The lowest BCUT2D eigenvalue weighted by Gasteiger charge is -2.41. The number of carbonyl (C=O) groups excluding carboxylic acids is 1. The van der Waals surface area contributed by atoms with Crippen LogP contribution in [0.25, 0.3) is 11.1 Å². The fourth-order valence-electron chi connectivity index (χ4n) is 3.62. The van der Waals surface area contributed by atoms with Gasteiger partial charge in [0.05, 0.1) is 0 Å². The van der Waals surface area contributed by atoms with Gasteiger partial charge in [0, 0.05) is 50.9 Å². The molecule has 1 aliphatic heterocycles. The van der Waals surface area contributed by atoms with Crippen LogP contribution >= 0.6 is 0 Å². The van der Waals surface area contributed by atoms with Gasteiger partial charge in [-0.25, -0.2) is 4.98 Å². The average Bonchev–Trinajstić information content (AvgIpc) is 2.67. The number of H-pyrrole nitrogens is 1. The van der Waals surface area contributed by atoms with Gasteiger partial charge in [-0.15, -0.1) is 0 Å². The number of nitrogens with zero attached hydrogens (tertiary/aromatic N) is 3. The number of anilines is 2. The van der Waals surface area contributed by atoms with E-state index in [2.05, 4.69) is 27.1 Å². The zero-order chi connectivity index (χ0) is 20.3. The molecule has 0 bridgehead atoms. The van der Waals surface area contributed by atoms with Gasteiger partial charge in [0.25, 0.3) is 0 Å². The van der Waals surface area contributed by atoms with E-state index in [1.165, 1.54) is 0 Å². The van der Waals surface area contributed by atoms with Crippen molar-refractivity contribution in [3.05, 3.63) is 40.3 Å². The van der Waals surface area contributed by atoms with Crippen LogP contribution < -0.4 is 21.5 Å². The van der Waals surface area contributed by atoms with E-state index in [9.17, 15) is 9.59 Å². The van der Waals surface area contributed by atoms with E-state index in [4.69, 9.17) is 5.73 Å². The van der Waals surface area contributed by atoms with E-state index in [-0.39, 0.29) is 17.5 Å². The van der Waals surface area contributed by atoms with E-state index in [0.717, 1.165) is 22.5 Å². The first-order chi connectivity index (χ1) is 13.4. The van der Waals surface area contributed by atoms with Crippen molar-refractivity contribution >= 4 is 17.5 Å². The number of aromatic nitrogens is 2. The lowest BCUT2D eigenvalue weighted by molar-refractivity contribution is -0.131. The number of carbonyl (C=O) groups is 1. The molecule has 0 radical (unpaired) electrons. The van der Waals surface area contributed by atoms with Gasteiger partial charge < -0.3 is 25.8 Å². The first kappa shape index (κ1) is 19.9. The summed E-state index contributed by atoms with van der Waals surface area (Å²) in [6.45, 7) is 6.63. The second kappa shape index (κ2) is 8.43. The maximum absolute atomic E-state index is 12.3. The molecular weight excluding hydrogens is 356 g/mol. The van der Waals surface area contributed by atoms with E-state index in [1.54, 1.807) is 18.3 Å². The lowest BCUT2D eigenvalue weighted by atomic mass is 10.0. The highest BCUT2D eigenvalue weighted by atomic mass is 16.2. The number of hydrogen-bond donors (Lipinski definition) is 3. The highest BCUT2D eigenvalue weighted by molar-refractivity contribution is 5.77. The van der Waals surface area contributed by atoms with E-state index >= 15 is 0 Å². The minimum Gasteiger partial charge on any atom is -0.384 e. The van der Waals surface area contributed by atoms with Crippen LogP contribution in [-0.4, -0.2) is 60.0 Å². The average molecular weight is 384 g/mol. The Morgan fingerprint density at radius 2 is 2.14 bits per heavy atom. The maximum Gasteiger partial charge on any atom is 0.250 e. The van der Waals surface area contributed by atoms with Crippen molar-refractivity contribution in [2.24, 2.45) is 0 Å². The summed E-state index contributed by atoms with van der Waals surface area (Å²) in [6.07, 6.45) is 2.21. The van der Waals surface area contributed by atoms with Crippen LogP contribution in [0.5, 0.6) is 0 Å². The Labute approximate surface area is 164 Å². The SMILES string of the molecule is CNCCC(=O)N1CCN(c2cc(-c3cc(N)ncc3C)cc(=O)[nH]2)C(C)C1. The van der Waals surface area contributed by atoms with Gasteiger partial charge in [0.15, 0.2) is 0 Å². The van der Waals surface area contributed by atoms with Crippen LogP contribution in [0.4, 0.5) is 11.6 Å². The minimum atomic E-state index is -0.165. The molecule has 1 saturated heterocycles. The summed E-state index contributed by atoms with van der Waals surface area (Å²) >= 11 is 0. The fourth-order valence-corrected chi connectivity index (χ4v) is 3.62. The number of piperazine rings is 1. The standard InChI is InChI=1S/C20H28N6O2/c1-13-11-23-17(21)10-16(13)15-8-18(24-19(27)9-15)26-7-6-25(12-14(26)2)20(28)4-5-22-3/h8-11,14,22H,4-7,12H2,1-3H3,(H2,21,23)(H,24,27). The topological polar surface area (TPSA) is 107 Å². The van der Waals surface area contributed by atoms with Crippen molar-refractivity contribution < 1.29 is 4.79 Å². The fraction of sp³-hybridized carbons (Fsp3) is 0.450. The molecule has 2 aromatic heterocycles. The molecule has 0 spiro atoms. The van der Waals surface area contributed by atoms with Gasteiger partial charge in [-0.1, -0.05) is 0 Å². The number of nitrogens with one attached hydrogen (secondary N) is 2. The second-order valence-electron chi connectivity index (χ2n) is 7.28. The van der Waals surface area contributed by atoms with Crippen LogP contribution in [0.3, 0.4) is 0 Å². The Hall–Kier alpha value is -2.87. The number of aromatic amines is 1. The van der Waals surface area contributed by atoms with Gasteiger partial charge in [0.1, 0.15) is 11.6 Å². The smallest absolute Gasteiger partial charge is 0.250 e. The molecule has 150 valence electrons. The molecule has 3 rings (SSSR count). The molecule has 1 unspecified atom stereocenters. The van der Waals surface area contributed by atoms with E-state index < -0.39 is 0 Å². The highest BCUT2D eigenvalue weighted by Gasteiger charge is 2.27. The van der Waals surface area contributed by atoms with Gasteiger partial charge in [-0.3, -0.25) is 9.59 Å². The molecule has 2 aromatic rings. The van der Waals surface area contributed by atoms with Crippen molar-refractivity contribution in [3.8, 4) is 11.1 Å². The molecule has 28 heavy (non-hydrogen) atoms. The highest BCUT2D eigenvalue weighted by Crippen LogP contribution is 2.27.